The number of ether oxygens (including phenoxy) is 2. The minimum absolute atomic E-state index is 0.0251. The van der Waals surface area contributed by atoms with Gasteiger partial charge in [-0.2, -0.15) is 4.98 Å². The number of hydrogen-bond donors (Lipinski definition) is 1. The van der Waals surface area contributed by atoms with Crippen LogP contribution in [0.5, 0.6) is 5.88 Å². The molecular weight excluding hydrogens is 612 g/mol. The highest BCUT2D eigenvalue weighted by Crippen LogP contribution is 2.40. The number of morpholine rings is 1. The van der Waals surface area contributed by atoms with Crippen LogP contribution >= 0.6 is 0 Å². The molecule has 2 aliphatic carbocycles. The average molecular weight is 649 g/mol. The molecule has 4 aromatic rings. The van der Waals surface area contributed by atoms with E-state index >= 15 is 0 Å². The van der Waals surface area contributed by atoms with Crippen LogP contribution in [0.2, 0.25) is 0 Å². The minimum atomic E-state index is -3.76. The van der Waals surface area contributed by atoms with Gasteiger partial charge in [0.15, 0.2) is 0 Å². The first-order chi connectivity index (χ1) is 22.4. The molecule has 2 saturated carbocycles. The number of sulfonamides is 1. The molecule has 242 valence electrons. The molecule has 4 aromatic heterocycles. The molecule has 0 aromatic carbocycles. The predicted molar refractivity (Wildman–Crippen MR) is 172 cm³/mol. The smallest absolute Gasteiger partial charge is 0.272 e. The van der Waals surface area contributed by atoms with Gasteiger partial charge in [0, 0.05) is 48.8 Å². The molecule has 15 nitrogen and oxygen atoms in total. The zero-order chi connectivity index (χ0) is 31.7. The van der Waals surface area contributed by atoms with Crippen molar-refractivity contribution < 1.29 is 17.9 Å². The lowest BCUT2D eigenvalue weighted by molar-refractivity contribution is 0.122. The van der Waals surface area contributed by atoms with Crippen molar-refractivity contribution in [3.05, 3.63) is 53.6 Å². The highest BCUT2D eigenvalue weighted by Gasteiger charge is 2.31. The van der Waals surface area contributed by atoms with Gasteiger partial charge in [0.25, 0.3) is 5.95 Å². The summed E-state index contributed by atoms with van der Waals surface area (Å²) in [7, 11) is -3.76. The fraction of sp³-hybridized carbons (Fsp3) is 0.500. The molecule has 46 heavy (non-hydrogen) atoms. The maximum absolute atomic E-state index is 13.2. The molecule has 1 aliphatic heterocycles. The second kappa shape index (κ2) is 12.7. The lowest BCUT2D eigenvalue weighted by atomic mass is 9.93. The van der Waals surface area contributed by atoms with Crippen LogP contribution in [-0.2, 0) is 21.3 Å². The number of pyridine rings is 2. The van der Waals surface area contributed by atoms with E-state index in [-0.39, 0.29) is 30.7 Å². The summed E-state index contributed by atoms with van der Waals surface area (Å²) in [6.07, 6.45) is 12.7. The number of fused-ring (bicyclic) bond motifs is 1. The van der Waals surface area contributed by atoms with Gasteiger partial charge < -0.3 is 24.3 Å². The van der Waals surface area contributed by atoms with Crippen LogP contribution in [-0.4, -0.2) is 82.6 Å². The summed E-state index contributed by atoms with van der Waals surface area (Å²) in [5.74, 6) is 1.83. The summed E-state index contributed by atoms with van der Waals surface area (Å²) < 4.78 is 41.5. The van der Waals surface area contributed by atoms with Crippen LogP contribution in [0, 0.1) is 4.91 Å². The third-order valence-corrected chi connectivity index (χ3v) is 9.79. The number of nitrogens with one attached hydrogen (secondary N) is 1. The van der Waals surface area contributed by atoms with Gasteiger partial charge >= 0.3 is 0 Å². The third-order valence-electron chi connectivity index (χ3n) is 8.64. The van der Waals surface area contributed by atoms with Crippen LogP contribution in [0.4, 0.5) is 23.4 Å². The summed E-state index contributed by atoms with van der Waals surface area (Å²) in [6, 6.07) is 5.80. The Labute approximate surface area is 266 Å². The Morgan fingerprint density at radius 3 is 2.48 bits per heavy atom. The van der Waals surface area contributed by atoms with Crippen molar-refractivity contribution in [2.75, 3.05) is 47.1 Å². The molecule has 0 radical (unpaired) electrons. The van der Waals surface area contributed by atoms with Crippen molar-refractivity contribution in [1.82, 2.24) is 29.5 Å². The molecule has 0 unspecified atom stereocenters. The van der Waals surface area contributed by atoms with Crippen LogP contribution in [0.3, 0.4) is 0 Å². The van der Waals surface area contributed by atoms with Crippen molar-refractivity contribution in [1.29, 1.82) is 0 Å². The van der Waals surface area contributed by atoms with Crippen molar-refractivity contribution in [3.8, 4) is 5.88 Å². The molecule has 0 amide bonds. The zero-order valence-corrected chi connectivity index (χ0v) is 26.3. The van der Waals surface area contributed by atoms with Crippen LogP contribution in [0.25, 0.3) is 10.9 Å². The zero-order valence-electron chi connectivity index (χ0n) is 25.5. The Bertz CT molecular complexity index is 1800. The van der Waals surface area contributed by atoms with Gasteiger partial charge in [0.2, 0.25) is 21.9 Å². The lowest BCUT2D eigenvalue weighted by Gasteiger charge is -2.31. The van der Waals surface area contributed by atoms with Gasteiger partial charge in [0.1, 0.15) is 11.9 Å². The van der Waals surface area contributed by atoms with Gasteiger partial charge in [-0.1, -0.05) is 0 Å². The van der Waals surface area contributed by atoms with E-state index in [0.717, 1.165) is 50.6 Å². The normalized spacial score (nSPS) is 20.4. The first kappa shape index (κ1) is 30.2. The highest BCUT2D eigenvalue weighted by atomic mass is 32.2. The van der Waals surface area contributed by atoms with Gasteiger partial charge in [-0.25, -0.2) is 23.4 Å². The molecule has 3 aliphatic rings. The summed E-state index contributed by atoms with van der Waals surface area (Å²) in [6.45, 7) is 2.58. The molecule has 0 spiro atoms. The minimum Gasteiger partial charge on any atom is -0.474 e. The van der Waals surface area contributed by atoms with E-state index in [1.165, 1.54) is 10.5 Å². The van der Waals surface area contributed by atoms with E-state index in [2.05, 4.69) is 30.3 Å². The van der Waals surface area contributed by atoms with Gasteiger partial charge in [-0.15, -0.1) is 4.91 Å². The summed E-state index contributed by atoms with van der Waals surface area (Å²) in [5.41, 5.74) is 1.60. The summed E-state index contributed by atoms with van der Waals surface area (Å²) in [4.78, 5) is 35.9. The fourth-order valence-electron chi connectivity index (χ4n) is 6.14. The Hall–Kier alpha value is -4.44. The number of nitrogens with zero attached hydrogens (tertiary/aromatic N) is 9. The second-order valence-electron chi connectivity index (χ2n) is 12.0. The molecule has 1 N–H and O–H groups in total. The third kappa shape index (κ3) is 6.58. The van der Waals surface area contributed by atoms with Crippen LogP contribution in [0.1, 0.15) is 50.3 Å². The van der Waals surface area contributed by atoms with Crippen molar-refractivity contribution in [2.45, 2.75) is 63.3 Å². The largest absolute Gasteiger partial charge is 0.474 e. The standard InChI is InChI=1S/C30H36N10O5S/c1-46(42,43)39(19-23-18-34-30(37-41)40(23)21-5-6-21)22-15-25-26(33-17-22)16-27(38-11-13-44-14-12-38)36-28(25)45-24-7-3-20(4-8-24)35-29-31-9-2-10-32-29/h2,9-10,15-18,20-21,24H,3-8,11-14,19H2,1H3,(H,31,32,35). The Morgan fingerprint density at radius 1 is 1.02 bits per heavy atom. The number of anilines is 3. The molecule has 3 fully saturated rings. The average Bonchev–Trinajstić information content (AvgIpc) is 3.83. The number of rotatable bonds is 11. The number of hydrogen-bond acceptors (Lipinski definition) is 13. The Morgan fingerprint density at radius 2 is 1.78 bits per heavy atom. The monoisotopic (exact) mass is 648 g/mol. The first-order valence-corrected chi connectivity index (χ1v) is 17.4. The SMILES string of the molecule is CS(=O)(=O)N(Cc1cnc(N=O)n1C1CC1)c1cnc2cc(N3CCOCC3)nc(OC3CCC(Nc4ncccn4)CC3)c2c1. The predicted octanol–water partition coefficient (Wildman–Crippen LogP) is 3.95. The van der Waals surface area contributed by atoms with E-state index in [9.17, 15) is 13.3 Å². The molecule has 7 rings (SSSR count). The fourth-order valence-corrected chi connectivity index (χ4v) is 6.99. The number of nitroso groups, excluding NO2 is 1. The van der Waals surface area contributed by atoms with Crippen LogP contribution in [0.15, 0.2) is 48.2 Å². The van der Waals surface area contributed by atoms with Gasteiger partial charge in [0.05, 0.1) is 60.7 Å². The summed E-state index contributed by atoms with van der Waals surface area (Å²) >= 11 is 0. The van der Waals surface area contributed by atoms with Gasteiger partial charge in [-0.05, 0) is 50.7 Å². The van der Waals surface area contributed by atoms with Crippen LogP contribution < -0.4 is 19.3 Å². The van der Waals surface area contributed by atoms with E-state index in [4.69, 9.17) is 19.4 Å². The second-order valence-corrected chi connectivity index (χ2v) is 13.9. The van der Waals surface area contributed by atoms with Crippen molar-refractivity contribution >= 4 is 44.3 Å². The maximum Gasteiger partial charge on any atom is 0.272 e. The maximum atomic E-state index is 13.2. The molecule has 5 heterocycles. The van der Waals surface area contributed by atoms with E-state index in [1.54, 1.807) is 35.3 Å². The van der Waals surface area contributed by atoms with Gasteiger partial charge in [-0.3, -0.25) is 9.29 Å². The van der Waals surface area contributed by atoms with E-state index < -0.39 is 10.0 Å². The first-order valence-electron chi connectivity index (χ1n) is 15.6. The van der Waals surface area contributed by atoms with Crippen molar-refractivity contribution in [2.24, 2.45) is 5.18 Å². The van der Waals surface area contributed by atoms with Crippen molar-refractivity contribution in [3.63, 3.8) is 0 Å². The summed E-state index contributed by atoms with van der Waals surface area (Å²) in [5, 5.41) is 7.07. The number of aromatic nitrogens is 6. The van der Waals surface area contributed by atoms with E-state index in [0.29, 0.717) is 60.4 Å². The highest BCUT2D eigenvalue weighted by molar-refractivity contribution is 7.92. The topological polar surface area (TPSA) is 170 Å². The molecular formula is C30H36N10O5S. The molecule has 0 bridgehead atoms. The molecule has 16 heteroatoms. The Kier molecular flexibility index (Phi) is 8.38. The quantitative estimate of drug-likeness (QED) is 0.233. The molecule has 1 saturated heterocycles. The Balaban J connectivity index is 1.19. The van der Waals surface area contributed by atoms with E-state index in [1.807, 2.05) is 6.07 Å². The number of imidazole rings is 1. The molecule has 0 atom stereocenters. The lowest BCUT2D eigenvalue weighted by Crippen LogP contribution is -2.37.